The molecule has 6 nitrogen and oxygen atoms in total. The van der Waals surface area contributed by atoms with Crippen molar-refractivity contribution in [1.29, 1.82) is 0 Å². The average Bonchev–Trinajstić information content (AvgIpc) is 3.27. The van der Waals surface area contributed by atoms with Crippen molar-refractivity contribution in [2.45, 2.75) is 26.4 Å². The molecule has 0 spiro atoms. The number of carbonyl (C=O) groups excluding carboxylic acids is 1. The maximum absolute atomic E-state index is 12.7. The van der Waals surface area contributed by atoms with Gasteiger partial charge in [0.25, 0.3) is 0 Å². The van der Waals surface area contributed by atoms with Gasteiger partial charge in [-0.3, -0.25) is 4.79 Å². The van der Waals surface area contributed by atoms with Crippen molar-refractivity contribution < 1.29 is 28.5 Å². The fourth-order valence-corrected chi connectivity index (χ4v) is 3.17. The Balaban J connectivity index is 1.47. The second-order valence-electron chi connectivity index (χ2n) is 6.63. The molecular formula is C20H20O6. The van der Waals surface area contributed by atoms with Gasteiger partial charge in [0, 0.05) is 0 Å². The van der Waals surface area contributed by atoms with E-state index in [-0.39, 0.29) is 38.0 Å². The number of carbonyl (C=O) groups is 1. The molecule has 0 fully saturated rings. The highest BCUT2D eigenvalue weighted by Crippen LogP contribution is 2.37. The van der Waals surface area contributed by atoms with Gasteiger partial charge in [0.15, 0.2) is 23.0 Å². The van der Waals surface area contributed by atoms with Crippen molar-refractivity contribution in [2.24, 2.45) is 5.92 Å². The first-order valence-corrected chi connectivity index (χ1v) is 8.56. The topological polar surface area (TPSA) is 63.2 Å². The fourth-order valence-electron chi connectivity index (χ4n) is 3.17. The van der Waals surface area contributed by atoms with Gasteiger partial charge in [-0.1, -0.05) is 26.0 Å². The lowest BCUT2D eigenvalue weighted by molar-refractivity contribution is -0.148. The van der Waals surface area contributed by atoms with Crippen LogP contribution in [0.3, 0.4) is 0 Å². The molecule has 2 aliphatic heterocycles. The van der Waals surface area contributed by atoms with Crippen LogP contribution in [0.2, 0.25) is 0 Å². The summed E-state index contributed by atoms with van der Waals surface area (Å²) >= 11 is 0. The molecule has 1 atom stereocenters. The zero-order valence-electron chi connectivity index (χ0n) is 14.7. The Bertz CT molecular complexity index is 829. The first kappa shape index (κ1) is 16.6. The van der Waals surface area contributed by atoms with E-state index < -0.39 is 0 Å². The number of benzene rings is 2. The second kappa shape index (κ2) is 6.78. The Labute approximate surface area is 151 Å². The molecule has 2 aliphatic rings. The second-order valence-corrected chi connectivity index (χ2v) is 6.63. The molecule has 136 valence electrons. The molecule has 0 radical (unpaired) electrons. The van der Waals surface area contributed by atoms with Crippen molar-refractivity contribution in [1.82, 2.24) is 0 Å². The summed E-state index contributed by atoms with van der Waals surface area (Å²) in [5, 5.41) is 0. The van der Waals surface area contributed by atoms with E-state index in [1.165, 1.54) is 0 Å². The SMILES string of the molecule is CC(C)C(C(=O)OCc1ccc2c(c1)OCO2)c1ccc2c(c1)OCO2. The lowest BCUT2D eigenvalue weighted by Crippen LogP contribution is -2.20. The standard InChI is InChI=1S/C20H20O6/c1-12(2)19(14-4-6-16-18(8-14)26-11-24-16)20(21)22-9-13-3-5-15-17(7-13)25-10-23-15/h3-8,12,19H,9-11H2,1-2H3. The van der Waals surface area contributed by atoms with Crippen LogP contribution in [0.25, 0.3) is 0 Å². The van der Waals surface area contributed by atoms with Crippen LogP contribution >= 0.6 is 0 Å². The van der Waals surface area contributed by atoms with Crippen molar-refractivity contribution in [3.05, 3.63) is 47.5 Å². The maximum atomic E-state index is 12.7. The van der Waals surface area contributed by atoms with E-state index in [1.54, 1.807) is 0 Å². The fraction of sp³-hybridized carbons (Fsp3) is 0.350. The summed E-state index contributed by atoms with van der Waals surface area (Å²) in [6.07, 6.45) is 0. The zero-order valence-corrected chi connectivity index (χ0v) is 14.7. The van der Waals surface area contributed by atoms with Gasteiger partial charge in [0.2, 0.25) is 13.6 Å². The van der Waals surface area contributed by atoms with Crippen molar-refractivity contribution in [3.63, 3.8) is 0 Å². The van der Waals surface area contributed by atoms with Crippen LogP contribution in [-0.2, 0) is 16.1 Å². The minimum Gasteiger partial charge on any atom is -0.460 e. The normalized spacial score (nSPS) is 15.2. The highest BCUT2D eigenvalue weighted by atomic mass is 16.7. The predicted molar refractivity (Wildman–Crippen MR) is 92.5 cm³/mol. The van der Waals surface area contributed by atoms with Gasteiger partial charge in [-0.05, 0) is 41.3 Å². The summed E-state index contributed by atoms with van der Waals surface area (Å²) in [6, 6.07) is 11.1. The first-order chi connectivity index (χ1) is 12.6. The quantitative estimate of drug-likeness (QED) is 0.763. The number of rotatable bonds is 5. The van der Waals surface area contributed by atoms with Crippen LogP contribution in [-0.4, -0.2) is 19.6 Å². The Morgan fingerprint density at radius 2 is 1.54 bits per heavy atom. The van der Waals surface area contributed by atoms with Gasteiger partial charge < -0.3 is 23.7 Å². The molecule has 2 heterocycles. The number of hydrogen-bond acceptors (Lipinski definition) is 6. The van der Waals surface area contributed by atoms with E-state index in [0.717, 1.165) is 11.1 Å². The van der Waals surface area contributed by atoms with E-state index >= 15 is 0 Å². The number of hydrogen-bond donors (Lipinski definition) is 0. The molecule has 0 saturated carbocycles. The van der Waals surface area contributed by atoms with E-state index in [2.05, 4.69) is 0 Å². The Hall–Kier alpha value is -2.89. The predicted octanol–water partition coefficient (Wildman–Crippen LogP) is 3.63. The summed E-state index contributed by atoms with van der Waals surface area (Å²) in [4.78, 5) is 12.7. The molecule has 1 unspecified atom stereocenters. The Kier molecular flexibility index (Phi) is 4.32. The summed E-state index contributed by atoms with van der Waals surface area (Å²) in [7, 11) is 0. The molecule has 2 aromatic carbocycles. The van der Waals surface area contributed by atoms with E-state index in [9.17, 15) is 4.79 Å². The molecule has 26 heavy (non-hydrogen) atoms. The molecule has 2 aromatic rings. The van der Waals surface area contributed by atoms with Crippen LogP contribution < -0.4 is 18.9 Å². The molecule has 0 saturated heterocycles. The lowest BCUT2D eigenvalue weighted by Gasteiger charge is -2.20. The average molecular weight is 356 g/mol. The number of fused-ring (bicyclic) bond motifs is 2. The van der Waals surface area contributed by atoms with Crippen molar-refractivity contribution in [3.8, 4) is 23.0 Å². The Morgan fingerprint density at radius 3 is 2.23 bits per heavy atom. The molecule has 0 N–H and O–H groups in total. The molecule has 0 aromatic heterocycles. The Morgan fingerprint density at radius 1 is 0.923 bits per heavy atom. The molecule has 4 rings (SSSR count). The molecule has 0 aliphatic carbocycles. The molecule has 6 heteroatoms. The molecule has 0 bridgehead atoms. The summed E-state index contributed by atoms with van der Waals surface area (Å²) in [5.74, 6) is 2.19. The third-order valence-corrected chi connectivity index (χ3v) is 4.49. The van der Waals surface area contributed by atoms with Crippen LogP contribution in [0, 0.1) is 5.92 Å². The maximum Gasteiger partial charge on any atom is 0.314 e. The highest BCUT2D eigenvalue weighted by Gasteiger charge is 2.28. The van der Waals surface area contributed by atoms with E-state index in [1.807, 2.05) is 50.2 Å². The van der Waals surface area contributed by atoms with Crippen LogP contribution in [0.1, 0.15) is 30.9 Å². The highest BCUT2D eigenvalue weighted by molar-refractivity contribution is 5.79. The van der Waals surface area contributed by atoms with Crippen LogP contribution in [0.4, 0.5) is 0 Å². The van der Waals surface area contributed by atoms with E-state index in [4.69, 9.17) is 23.7 Å². The smallest absolute Gasteiger partial charge is 0.314 e. The van der Waals surface area contributed by atoms with Gasteiger partial charge in [0.05, 0.1) is 5.92 Å². The third kappa shape index (κ3) is 3.14. The molecule has 0 amide bonds. The van der Waals surface area contributed by atoms with Crippen LogP contribution in [0.5, 0.6) is 23.0 Å². The van der Waals surface area contributed by atoms with Gasteiger partial charge in [0.1, 0.15) is 6.61 Å². The van der Waals surface area contributed by atoms with Gasteiger partial charge >= 0.3 is 5.97 Å². The number of ether oxygens (including phenoxy) is 5. The van der Waals surface area contributed by atoms with Gasteiger partial charge in [-0.2, -0.15) is 0 Å². The minimum atomic E-state index is -0.376. The summed E-state index contributed by atoms with van der Waals surface area (Å²) in [6.45, 7) is 4.61. The van der Waals surface area contributed by atoms with Crippen LogP contribution in [0.15, 0.2) is 36.4 Å². The lowest BCUT2D eigenvalue weighted by atomic mass is 9.88. The largest absolute Gasteiger partial charge is 0.460 e. The summed E-state index contributed by atoms with van der Waals surface area (Å²) < 4.78 is 27.0. The first-order valence-electron chi connectivity index (χ1n) is 8.56. The zero-order chi connectivity index (χ0) is 18.1. The van der Waals surface area contributed by atoms with Crippen molar-refractivity contribution in [2.75, 3.05) is 13.6 Å². The van der Waals surface area contributed by atoms with Gasteiger partial charge in [-0.15, -0.1) is 0 Å². The van der Waals surface area contributed by atoms with E-state index in [0.29, 0.717) is 23.0 Å². The molecular weight excluding hydrogens is 336 g/mol. The van der Waals surface area contributed by atoms with Gasteiger partial charge in [-0.25, -0.2) is 0 Å². The number of esters is 1. The summed E-state index contributed by atoms with van der Waals surface area (Å²) in [5.41, 5.74) is 1.72. The third-order valence-electron chi connectivity index (χ3n) is 4.49. The van der Waals surface area contributed by atoms with Crippen molar-refractivity contribution >= 4 is 5.97 Å². The monoisotopic (exact) mass is 356 g/mol. The minimum absolute atomic E-state index is 0.0830.